The van der Waals surface area contributed by atoms with Gasteiger partial charge in [-0.3, -0.25) is 4.79 Å². The Hall–Kier alpha value is -1.06. The van der Waals surface area contributed by atoms with Crippen molar-refractivity contribution in [1.29, 1.82) is 0 Å². The Morgan fingerprint density at radius 2 is 2.22 bits per heavy atom. The summed E-state index contributed by atoms with van der Waals surface area (Å²) in [5.41, 5.74) is 3.06. The molecule has 1 aliphatic heterocycles. The van der Waals surface area contributed by atoms with Crippen LogP contribution in [0.25, 0.3) is 0 Å². The Balaban J connectivity index is 1.97. The van der Waals surface area contributed by atoms with Crippen LogP contribution in [0, 0.1) is 11.8 Å². The molecule has 0 spiro atoms. The lowest BCUT2D eigenvalue weighted by Crippen LogP contribution is -2.19. The van der Waals surface area contributed by atoms with Gasteiger partial charge in [0.05, 0.1) is 6.42 Å². The van der Waals surface area contributed by atoms with Crippen LogP contribution in [-0.4, -0.2) is 13.0 Å². The maximum absolute atomic E-state index is 11.4. The summed E-state index contributed by atoms with van der Waals surface area (Å²) in [4.78, 5) is 11.4. The van der Waals surface area contributed by atoms with Crippen molar-refractivity contribution in [3.8, 4) is 0 Å². The average Bonchev–Trinajstić information content (AvgIpc) is 2.90. The first kappa shape index (κ1) is 12.0. The van der Waals surface area contributed by atoms with Crippen molar-refractivity contribution < 1.29 is 4.79 Å². The summed E-state index contributed by atoms with van der Waals surface area (Å²) in [7, 11) is 1.97. The van der Waals surface area contributed by atoms with Crippen LogP contribution in [0.3, 0.4) is 0 Å². The van der Waals surface area contributed by atoms with E-state index in [9.17, 15) is 4.79 Å². The number of anilines is 1. The zero-order valence-electron chi connectivity index (χ0n) is 10.6. The van der Waals surface area contributed by atoms with Crippen LogP contribution in [-0.2, 0) is 11.2 Å². The third kappa shape index (κ3) is 1.91. The standard InChI is InChI=1S/C14H17ClN2O/c1-7-3-9(7)14(16-2)10-4-8-5-13(18)17-12(8)6-11(10)15/h4,6-7,9,14,16H,3,5H2,1-2H3,(H,17,18). The molecule has 0 saturated heterocycles. The predicted octanol–water partition coefficient (Wildman–Crippen LogP) is 2.75. The molecule has 1 aromatic carbocycles. The van der Waals surface area contributed by atoms with Crippen LogP contribution >= 0.6 is 11.6 Å². The highest BCUT2D eigenvalue weighted by atomic mass is 35.5. The van der Waals surface area contributed by atoms with E-state index in [0.29, 0.717) is 18.4 Å². The molecule has 1 amide bonds. The van der Waals surface area contributed by atoms with E-state index in [1.54, 1.807) is 0 Å². The van der Waals surface area contributed by atoms with Gasteiger partial charge in [-0.15, -0.1) is 0 Å². The highest BCUT2D eigenvalue weighted by Gasteiger charge is 2.40. The number of amides is 1. The SMILES string of the molecule is CNC(c1cc2c(cc1Cl)NC(=O)C2)C1CC1C. The van der Waals surface area contributed by atoms with Gasteiger partial charge in [0.15, 0.2) is 0 Å². The molecule has 1 heterocycles. The number of rotatable bonds is 3. The molecule has 4 heteroatoms. The van der Waals surface area contributed by atoms with Crippen LogP contribution in [0.4, 0.5) is 5.69 Å². The second-order valence-electron chi connectivity index (χ2n) is 5.40. The van der Waals surface area contributed by atoms with E-state index in [-0.39, 0.29) is 5.91 Å². The molecule has 1 aromatic rings. The number of hydrogen-bond acceptors (Lipinski definition) is 2. The molecular weight excluding hydrogens is 248 g/mol. The molecular formula is C14H17ClN2O. The van der Waals surface area contributed by atoms with Gasteiger partial charge in [-0.05, 0) is 42.5 Å². The van der Waals surface area contributed by atoms with Gasteiger partial charge in [0.25, 0.3) is 0 Å². The lowest BCUT2D eigenvalue weighted by Gasteiger charge is -2.19. The summed E-state index contributed by atoms with van der Waals surface area (Å²) in [6, 6.07) is 4.27. The van der Waals surface area contributed by atoms with E-state index < -0.39 is 0 Å². The topological polar surface area (TPSA) is 41.1 Å². The van der Waals surface area contributed by atoms with Gasteiger partial charge in [0, 0.05) is 16.8 Å². The molecule has 2 N–H and O–H groups in total. The summed E-state index contributed by atoms with van der Waals surface area (Å²) < 4.78 is 0. The second-order valence-corrected chi connectivity index (χ2v) is 5.81. The van der Waals surface area contributed by atoms with Crippen LogP contribution < -0.4 is 10.6 Å². The largest absolute Gasteiger partial charge is 0.325 e. The number of carbonyl (C=O) groups is 1. The van der Waals surface area contributed by atoms with Gasteiger partial charge in [-0.25, -0.2) is 0 Å². The summed E-state index contributed by atoms with van der Waals surface area (Å²) in [6.07, 6.45) is 1.71. The fourth-order valence-electron chi connectivity index (χ4n) is 2.92. The Morgan fingerprint density at radius 3 is 2.83 bits per heavy atom. The number of halogens is 1. The minimum absolute atomic E-state index is 0.0546. The van der Waals surface area contributed by atoms with E-state index in [4.69, 9.17) is 11.6 Å². The molecule has 0 aromatic heterocycles. The molecule has 3 nitrogen and oxygen atoms in total. The maximum Gasteiger partial charge on any atom is 0.228 e. The summed E-state index contributed by atoms with van der Waals surface area (Å²) >= 11 is 6.36. The molecule has 3 rings (SSSR count). The van der Waals surface area contributed by atoms with Crippen LogP contribution in [0.5, 0.6) is 0 Å². The van der Waals surface area contributed by atoms with Crippen molar-refractivity contribution in [2.75, 3.05) is 12.4 Å². The Labute approximate surface area is 112 Å². The monoisotopic (exact) mass is 264 g/mol. The minimum atomic E-state index is 0.0546. The number of carbonyl (C=O) groups excluding carboxylic acids is 1. The van der Waals surface area contributed by atoms with E-state index in [1.165, 1.54) is 6.42 Å². The molecule has 18 heavy (non-hydrogen) atoms. The fraction of sp³-hybridized carbons (Fsp3) is 0.500. The Morgan fingerprint density at radius 1 is 1.50 bits per heavy atom. The quantitative estimate of drug-likeness (QED) is 0.881. The van der Waals surface area contributed by atoms with Crippen molar-refractivity contribution in [1.82, 2.24) is 5.32 Å². The van der Waals surface area contributed by atoms with Gasteiger partial charge in [-0.2, -0.15) is 0 Å². The van der Waals surface area contributed by atoms with Gasteiger partial charge in [0.1, 0.15) is 0 Å². The average molecular weight is 265 g/mol. The van der Waals surface area contributed by atoms with Crippen molar-refractivity contribution in [2.45, 2.75) is 25.8 Å². The molecule has 3 atom stereocenters. The zero-order valence-corrected chi connectivity index (χ0v) is 11.3. The minimum Gasteiger partial charge on any atom is -0.325 e. The molecule has 0 bridgehead atoms. The Bertz CT molecular complexity index is 515. The molecule has 1 aliphatic carbocycles. The first-order valence-corrected chi connectivity index (χ1v) is 6.77. The lowest BCUT2D eigenvalue weighted by atomic mass is 9.98. The van der Waals surface area contributed by atoms with Crippen LogP contribution in [0.15, 0.2) is 12.1 Å². The second kappa shape index (κ2) is 4.25. The third-order valence-corrected chi connectivity index (χ3v) is 4.42. The van der Waals surface area contributed by atoms with Crippen molar-refractivity contribution >= 4 is 23.2 Å². The third-order valence-electron chi connectivity index (χ3n) is 4.09. The van der Waals surface area contributed by atoms with E-state index >= 15 is 0 Å². The molecule has 96 valence electrons. The van der Waals surface area contributed by atoms with Gasteiger partial charge >= 0.3 is 0 Å². The number of benzene rings is 1. The van der Waals surface area contributed by atoms with Crippen LogP contribution in [0.1, 0.15) is 30.5 Å². The molecule has 3 unspecified atom stereocenters. The number of hydrogen-bond donors (Lipinski definition) is 2. The van der Waals surface area contributed by atoms with Crippen molar-refractivity contribution in [3.63, 3.8) is 0 Å². The summed E-state index contributed by atoms with van der Waals surface area (Å²) in [5.74, 6) is 1.47. The highest BCUT2D eigenvalue weighted by molar-refractivity contribution is 6.32. The van der Waals surface area contributed by atoms with Gasteiger partial charge < -0.3 is 10.6 Å². The maximum atomic E-state index is 11.4. The fourth-order valence-corrected chi connectivity index (χ4v) is 3.20. The van der Waals surface area contributed by atoms with Crippen LogP contribution in [0.2, 0.25) is 5.02 Å². The first-order chi connectivity index (χ1) is 8.60. The van der Waals surface area contributed by atoms with E-state index in [0.717, 1.165) is 27.8 Å². The number of nitrogens with one attached hydrogen (secondary N) is 2. The molecule has 1 saturated carbocycles. The van der Waals surface area contributed by atoms with Crippen molar-refractivity contribution in [2.24, 2.45) is 11.8 Å². The molecule has 1 fully saturated rings. The van der Waals surface area contributed by atoms with E-state index in [2.05, 4.69) is 23.6 Å². The lowest BCUT2D eigenvalue weighted by molar-refractivity contribution is -0.115. The number of fused-ring (bicyclic) bond motifs is 1. The zero-order chi connectivity index (χ0) is 12.9. The van der Waals surface area contributed by atoms with Gasteiger partial charge in [0.2, 0.25) is 5.91 Å². The first-order valence-electron chi connectivity index (χ1n) is 6.39. The normalized spacial score (nSPS) is 26.7. The molecule has 2 aliphatic rings. The van der Waals surface area contributed by atoms with Crippen molar-refractivity contribution in [3.05, 3.63) is 28.3 Å². The smallest absolute Gasteiger partial charge is 0.228 e. The summed E-state index contributed by atoms with van der Waals surface area (Å²) in [5, 5.41) is 6.94. The summed E-state index contributed by atoms with van der Waals surface area (Å²) in [6.45, 7) is 2.27. The highest BCUT2D eigenvalue weighted by Crippen LogP contribution is 2.48. The molecule has 0 radical (unpaired) electrons. The predicted molar refractivity (Wildman–Crippen MR) is 72.9 cm³/mol. The van der Waals surface area contributed by atoms with E-state index in [1.807, 2.05) is 13.1 Å². The van der Waals surface area contributed by atoms with Gasteiger partial charge in [-0.1, -0.05) is 24.6 Å². The Kier molecular flexibility index (Phi) is 2.83.